The predicted molar refractivity (Wildman–Crippen MR) is 428 cm³/mol. The second kappa shape index (κ2) is 45.9. The van der Waals surface area contributed by atoms with Crippen LogP contribution >= 0.6 is 11.6 Å². The Morgan fingerprint density at radius 2 is 1.06 bits per heavy atom. The standard InChI is InChI=1S/C81H107ClN18O14/c1-48(2)42-63(75(108)95-62(24-11-12-35-86-49(3)4)81(114)100-41-17-26-68(100)80(113)91-50(5)70(84)103)96-74(107)61(25-16-38-88-71(104)56-29-32-69(83)90-46-56)93-73(106)60(23-10-14-37-89-72(105)59-22-9-13-36-87-59)94-79(112)67(47-101)99-77(110)65(44-53-33-39-85-40-34-53)97-76(109)64(43-52-27-30-57(82)31-28-52)98-78(111)66(92-51(6)102)45-55-20-15-19-54-18-7-8-21-58(54)55/h7-9,13,15,18-22,27-34,36,39-40,46,48-50,60-68,86,101H,10-12,14,16-17,23-26,35,37-38,41-45,47H2,1-6H3,(H2,83,90)(H2,84,103)(H,88,104)(H,89,105)(H,91,113)(H,92,102)(H,93,106)(H,94,112)(H,95,108)(H,96,107)(H,97,109)(H,98,111)(H,99,110)/t50-,60-,61+,62+,63-,64+,65-,66-,67+,68-/m0/s1. The number of aromatic nitrogens is 3. The van der Waals surface area contributed by atoms with Gasteiger partial charge < -0.3 is 85.3 Å². The molecule has 33 heteroatoms. The van der Waals surface area contributed by atoms with Crippen LogP contribution in [0.2, 0.25) is 5.02 Å². The summed E-state index contributed by atoms with van der Waals surface area (Å²) in [5, 5.41) is 46.5. The highest BCUT2D eigenvalue weighted by Gasteiger charge is 2.40. The van der Waals surface area contributed by atoms with Gasteiger partial charge in [0.15, 0.2) is 0 Å². The van der Waals surface area contributed by atoms with E-state index >= 15 is 9.59 Å². The van der Waals surface area contributed by atoms with Gasteiger partial charge in [-0.3, -0.25) is 72.3 Å². The average molecular weight is 1590 g/mol. The van der Waals surface area contributed by atoms with Crippen LogP contribution in [0.1, 0.15) is 150 Å². The number of nitrogen functional groups attached to an aromatic ring is 1. The number of hydrogen-bond donors (Lipinski definition) is 15. The van der Waals surface area contributed by atoms with Crippen LogP contribution in [0, 0.1) is 5.92 Å². The maximum Gasteiger partial charge on any atom is 0.269 e. The molecule has 0 unspecified atom stereocenters. The maximum absolute atomic E-state index is 15.2. The van der Waals surface area contributed by atoms with Gasteiger partial charge in [-0.25, -0.2) is 4.98 Å². The minimum Gasteiger partial charge on any atom is -0.394 e. The summed E-state index contributed by atoms with van der Waals surface area (Å²) in [7, 11) is 0. The minimum absolute atomic E-state index is 0.00783. The number of anilines is 1. The summed E-state index contributed by atoms with van der Waals surface area (Å²) >= 11 is 6.27. The van der Waals surface area contributed by atoms with Crippen molar-refractivity contribution in [3.05, 3.63) is 167 Å². The lowest BCUT2D eigenvalue weighted by atomic mass is 9.97. The molecule has 13 amide bonds. The number of aliphatic hydroxyl groups is 1. The molecular weight excluding hydrogens is 1480 g/mol. The Morgan fingerprint density at radius 1 is 0.526 bits per heavy atom. The molecule has 3 aromatic heterocycles. The number of carbonyl (C=O) groups excluding carboxylic acids is 13. The first-order valence-corrected chi connectivity index (χ1v) is 38.9. The molecule has 1 aliphatic heterocycles. The quantitative estimate of drug-likeness (QED) is 0.0244. The Labute approximate surface area is 667 Å². The fourth-order valence-electron chi connectivity index (χ4n) is 12.9. The van der Waals surface area contributed by atoms with Crippen molar-refractivity contribution in [2.75, 3.05) is 38.5 Å². The van der Waals surface area contributed by atoms with Gasteiger partial charge in [0.1, 0.15) is 71.9 Å². The molecule has 1 aliphatic rings. The minimum atomic E-state index is -1.85. The Balaban J connectivity index is 1.16. The van der Waals surface area contributed by atoms with Crippen molar-refractivity contribution in [2.45, 2.75) is 198 Å². The molecule has 1 fully saturated rings. The largest absolute Gasteiger partial charge is 0.394 e. The predicted octanol–water partition coefficient (Wildman–Crippen LogP) is 2.18. The smallest absolute Gasteiger partial charge is 0.269 e. The van der Waals surface area contributed by atoms with Crippen molar-refractivity contribution >= 4 is 105 Å². The molecule has 0 saturated carbocycles. The summed E-state index contributed by atoms with van der Waals surface area (Å²) in [6.07, 6.45) is 7.10. The molecule has 4 heterocycles. The number of likely N-dealkylation sites (tertiary alicyclic amines) is 1. The first-order valence-electron chi connectivity index (χ1n) is 38.5. The van der Waals surface area contributed by atoms with Crippen molar-refractivity contribution < 1.29 is 67.4 Å². The Morgan fingerprint density at radius 3 is 1.67 bits per heavy atom. The van der Waals surface area contributed by atoms with E-state index in [2.05, 4.69) is 78.8 Å². The highest BCUT2D eigenvalue weighted by molar-refractivity contribution is 6.30. The van der Waals surface area contributed by atoms with E-state index in [-0.39, 0.29) is 119 Å². The van der Waals surface area contributed by atoms with Gasteiger partial charge in [-0.15, -0.1) is 0 Å². The lowest BCUT2D eigenvalue weighted by Gasteiger charge is -2.31. The number of halogens is 1. The molecule has 612 valence electrons. The Kier molecular flexibility index (Phi) is 36.1. The molecular formula is C81H107ClN18O14. The molecule has 0 aliphatic carbocycles. The summed E-state index contributed by atoms with van der Waals surface area (Å²) in [5.41, 5.74) is 13.3. The summed E-state index contributed by atoms with van der Waals surface area (Å²) in [4.78, 5) is 197. The monoisotopic (exact) mass is 1590 g/mol. The van der Waals surface area contributed by atoms with Gasteiger partial charge in [0, 0.05) is 81.7 Å². The van der Waals surface area contributed by atoms with E-state index < -0.39 is 144 Å². The van der Waals surface area contributed by atoms with E-state index in [1.165, 1.54) is 61.7 Å². The van der Waals surface area contributed by atoms with Crippen molar-refractivity contribution in [1.82, 2.24) is 83.7 Å². The SMILES string of the molecule is CC(=O)N[C@@H](Cc1cccc2ccccc12)C(=O)N[C@H](Cc1ccc(Cl)cc1)C(=O)N[C@@H](Cc1ccncc1)C(=O)N[C@H](CO)C(=O)N[C@@H](CCCCNC(=O)c1ccccn1)C(=O)N[C@H](CCCNC(=O)c1ccc(N)nc1)C(=O)N[C@@H](CC(C)C)C(=O)N[C@H](CCCCNC(C)C)C(=O)N1CCC[C@H]1C(=O)N[C@@H](C)C(N)=O. The molecule has 32 nitrogen and oxygen atoms in total. The van der Waals surface area contributed by atoms with Crippen LogP contribution in [-0.2, 0) is 72.0 Å². The van der Waals surface area contributed by atoms with Gasteiger partial charge in [0.25, 0.3) is 11.8 Å². The molecule has 10 atom stereocenters. The van der Waals surface area contributed by atoms with Crippen LogP contribution in [0.15, 0.2) is 134 Å². The number of nitrogens with one attached hydrogen (secondary N) is 12. The van der Waals surface area contributed by atoms with Crippen LogP contribution in [0.25, 0.3) is 10.8 Å². The lowest BCUT2D eigenvalue weighted by molar-refractivity contribution is -0.142. The van der Waals surface area contributed by atoms with Crippen LogP contribution in [-0.4, -0.2) is 201 Å². The van der Waals surface area contributed by atoms with Crippen LogP contribution in [0.5, 0.6) is 0 Å². The van der Waals surface area contributed by atoms with Gasteiger partial charge in [-0.1, -0.05) is 100.0 Å². The number of unbranched alkanes of at least 4 members (excludes halogenated alkanes) is 2. The van der Waals surface area contributed by atoms with E-state index in [9.17, 15) is 57.8 Å². The number of primary amides is 1. The van der Waals surface area contributed by atoms with E-state index in [1.807, 2.05) is 56.3 Å². The fraction of sp³-hybridized carbons (Fsp3) is 0.457. The molecule has 0 spiro atoms. The number of rotatable bonds is 45. The number of fused-ring (bicyclic) bond motifs is 1. The number of benzene rings is 3. The number of hydrogen-bond acceptors (Lipinski definition) is 19. The summed E-state index contributed by atoms with van der Waals surface area (Å²) in [6.45, 7) is 9.92. The number of nitrogens with zero attached hydrogens (tertiary/aromatic N) is 4. The third-order valence-corrected chi connectivity index (χ3v) is 19.3. The molecule has 0 bridgehead atoms. The zero-order valence-corrected chi connectivity index (χ0v) is 65.9. The molecule has 1 saturated heterocycles. The number of carbonyl (C=O) groups is 13. The second-order valence-electron chi connectivity index (χ2n) is 29.0. The normalized spacial score (nSPS) is 14.9. The summed E-state index contributed by atoms with van der Waals surface area (Å²) in [5.74, 6) is -9.94. The number of amides is 13. The van der Waals surface area contributed by atoms with Gasteiger partial charge >= 0.3 is 0 Å². The zero-order valence-electron chi connectivity index (χ0n) is 65.1. The van der Waals surface area contributed by atoms with Crippen LogP contribution in [0.4, 0.5) is 5.82 Å². The van der Waals surface area contributed by atoms with Crippen LogP contribution < -0.4 is 75.3 Å². The Hall–Kier alpha value is -11.5. The molecule has 6 aromatic rings. The van der Waals surface area contributed by atoms with Crippen molar-refractivity contribution in [2.24, 2.45) is 11.7 Å². The second-order valence-corrected chi connectivity index (χ2v) is 29.4. The zero-order chi connectivity index (χ0) is 82.8. The van der Waals surface area contributed by atoms with Gasteiger partial charge in [0.05, 0.1) is 12.2 Å². The molecule has 17 N–H and O–H groups in total. The van der Waals surface area contributed by atoms with E-state index in [0.717, 1.165) is 16.3 Å². The summed E-state index contributed by atoms with van der Waals surface area (Å²) < 4.78 is 0. The lowest BCUT2D eigenvalue weighted by Crippen LogP contribution is -2.61. The highest BCUT2D eigenvalue weighted by atomic mass is 35.5. The first-order chi connectivity index (χ1) is 54.6. The third-order valence-electron chi connectivity index (χ3n) is 19.0. The molecule has 114 heavy (non-hydrogen) atoms. The highest BCUT2D eigenvalue weighted by Crippen LogP contribution is 2.23. The van der Waals surface area contributed by atoms with E-state index in [1.54, 1.807) is 62.4 Å². The van der Waals surface area contributed by atoms with Gasteiger partial charge in [-0.05, 0) is 166 Å². The third kappa shape index (κ3) is 29.2. The van der Waals surface area contributed by atoms with Crippen molar-refractivity contribution in [3.63, 3.8) is 0 Å². The van der Waals surface area contributed by atoms with Crippen molar-refractivity contribution in [1.29, 1.82) is 0 Å². The maximum atomic E-state index is 15.2. The first kappa shape index (κ1) is 89.7. The fourth-order valence-corrected chi connectivity index (χ4v) is 13.1. The molecule has 7 rings (SSSR count). The topological polar surface area (TPSA) is 480 Å². The average Bonchev–Trinajstić information content (AvgIpc) is 1.29. The van der Waals surface area contributed by atoms with Gasteiger partial charge in [0.2, 0.25) is 65.0 Å². The number of aliphatic hydroxyl groups excluding tert-OH is 1. The van der Waals surface area contributed by atoms with Gasteiger partial charge in [-0.2, -0.15) is 0 Å². The number of pyridine rings is 3. The number of nitrogens with two attached hydrogens (primary N) is 2. The molecule has 3 aromatic carbocycles. The summed E-state index contributed by atoms with van der Waals surface area (Å²) in [6, 6.07) is 16.8. The van der Waals surface area contributed by atoms with Crippen LogP contribution in [0.3, 0.4) is 0 Å². The van der Waals surface area contributed by atoms with E-state index in [0.29, 0.717) is 42.0 Å². The Bertz CT molecular complexity index is 4240. The van der Waals surface area contributed by atoms with Crippen molar-refractivity contribution in [3.8, 4) is 0 Å². The van der Waals surface area contributed by atoms with E-state index in [4.69, 9.17) is 23.1 Å². The molecule has 0 radical (unpaired) electrons.